The number of fused-ring (bicyclic) bond motifs is 1. The van der Waals surface area contributed by atoms with Gasteiger partial charge in [-0.25, -0.2) is 15.0 Å². The summed E-state index contributed by atoms with van der Waals surface area (Å²) in [4.78, 5) is 67.3. The van der Waals surface area contributed by atoms with Crippen LogP contribution in [0, 0.1) is 0 Å². The van der Waals surface area contributed by atoms with E-state index < -0.39 is 35.0 Å². The van der Waals surface area contributed by atoms with Crippen LogP contribution in [0.1, 0.15) is 23.0 Å². The van der Waals surface area contributed by atoms with Gasteiger partial charge in [-0.1, -0.05) is 24.3 Å². The van der Waals surface area contributed by atoms with Crippen LogP contribution in [0.25, 0.3) is 16.9 Å². The number of nitrogens with zero attached hydrogens (tertiary/aromatic N) is 4. The van der Waals surface area contributed by atoms with Gasteiger partial charge in [0, 0.05) is 40.2 Å². The van der Waals surface area contributed by atoms with Gasteiger partial charge in [0.15, 0.2) is 28.5 Å². The molecular weight excluding hydrogens is 542 g/mol. The van der Waals surface area contributed by atoms with E-state index in [9.17, 15) is 19.2 Å². The molecule has 2 heterocycles. The summed E-state index contributed by atoms with van der Waals surface area (Å²) in [6.07, 6.45) is 3.83. The van der Waals surface area contributed by atoms with E-state index in [0.29, 0.717) is 5.56 Å². The Hall–Kier alpha value is -4.51. The molecule has 5 aliphatic carbocycles. The van der Waals surface area contributed by atoms with Crippen molar-refractivity contribution >= 4 is 61.7 Å². The number of carbonyl (C=O) groups excluding carboxylic acids is 4. The van der Waals surface area contributed by atoms with Gasteiger partial charge in [0.25, 0.3) is 0 Å². The second kappa shape index (κ2) is 7.26. The third-order valence-electron chi connectivity index (χ3n) is 7.28. The maximum Gasteiger partial charge on any atom is 0.226 e. The van der Waals surface area contributed by atoms with Crippen molar-refractivity contribution in [3.8, 4) is 0 Å². The predicted molar refractivity (Wildman–Crippen MR) is 133 cm³/mol. The van der Waals surface area contributed by atoms with Crippen LogP contribution in [-0.2, 0) is 23.9 Å². The average Bonchev–Trinajstić information content (AvgIpc) is 3.34. The lowest BCUT2D eigenvalue weighted by Gasteiger charge is -2.45. The second-order valence-corrected chi connectivity index (χ2v) is 9.72. The predicted octanol–water partition coefficient (Wildman–Crippen LogP) is 2.29. The number of aromatic nitrogens is 4. The van der Waals surface area contributed by atoms with Gasteiger partial charge in [0.1, 0.15) is 22.8 Å². The van der Waals surface area contributed by atoms with E-state index in [1.54, 1.807) is 12.1 Å². The summed E-state index contributed by atoms with van der Waals surface area (Å²) in [6, 6.07) is 7.24. The largest absolute Gasteiger partial charge is 0.491 e. The van der Waals surface area contributed by atoms with Crippen LogP contribution in [-0.4, -0.2) is 49.8 Å². The van der Waals surface area contributed by atoms with Crippen LogP contribution >= 0.6 is 15.9 Å². The molecule has 11 heteroatoms. The number of methoxy groups -OCH3 is 1. The average molecular weight is 556 g/mol. The van der Waals surface area contributed by atoms with E-state index in [2.05, 4.69) is 30.9 Å². The summed E-state index contributed by atoms with van der Waals surface area (Å²) < 4.78 is 6.66. The SMILES string of the molecule is COC1=C(Br)C(=O)C2=C(C1=O)C1C3=C(C(=O)C=C(n4cnc5c(N)ncnc54)C3=O)C2c2ccccc21. The number of benzene rings is 1. The van der Waals surface area contributed by atoms with Crippen molar-refractivity contribution in [3.63, 3.8) is 0 Å². The molecule has 2 aromatic heterocycles. The van der Waals surface area contributed by atoms with Gasteiger partial charge in [-0.15, -0.1) is 0 Å². The molecule has 8 rings (SSSR count). The zero-order chi connectivity index (χ0) is 25.7. The molecule has 0 aliphatic heterocycles. The fraction of sp³-hybridized carbons (Fsp3) is 0.115. The van der Waals surface area contributed by atoms with Gasteiger partial charge in [0.2, 0.25) is 17.3 Å². The maximum absolute atomic E-state index is 14.1. The van der Waals surface area contributed by atoms with Crippen LogP contribution < -0.4 is 5.73 Å². The minimum atomic E-state index is -0.914. The molecule has 0 fully saturated rings. The van der Waals surface area contributed by atoms with E-state index in [0.717, 1.165) is 5.56 Å². The highest BCUT2D eigenvalue weighted by atomic mass is 79.9. The van der Waals surface area contributed by atoms with Crippen LogP contribution in [0.2, 0.25) is 0 Å². The zero-order valence-electron chi connectivity index (χ0n) is 19.0. The lowest BCUT2D eigenvalue weighted by Crippen LogP contribution is -2.42. The lowest BCUT2D eigenvalue weighted by atomic mass is 9.56. The van der Waals surface area contributed by atoms with E-state index in [1.807, 2.05) is 12.1 Å². The van der Waals surface area contributed by atoms with E-state index >= 15 is 0 Å². The Morgan fingerprint density at radius 1 is 0.892 bits per heavy atom. The Kier molecular flexibility index (Phi) is 4.27. The number of ether oxygens (including phenoxy) is 1. The number of nitrogen functional groups attached to an aromatic ring is 1. The zero-order valence-corrected chi connectivity index (χ0v) is 20.6. The number of rotatable bonds is 2. The molecule has 2 unspecified atom stereocenters. The fourth-order valence-corrected chi connectivity index (χ4v) is 6.40. The van der Waals surface area contributed by atoms with Crippen molar-refractivity contribution in [2.24, 2.45) is 0 Å². The van der Waals surface area contributed by atoms with Crippen molar-refractivity contribution in [1.29, 1.82) is 0 Å². The molecule has 180 valence electrons. The first kappa shape index (κ1) is 21.7. The van der Waals surface area contributed by atoms with E-state index in [4.69, 9.17) is 10.5 Å². The third-order valence-corrected chi connectivity index (χ3v) is 8.00. The highest BCUT2D eigenvalue weighted by molar-refractivity contribution is 9.12. The highest BCUT2D eigenvalue weighted by Crippen LogP contribution is 2.59. The monoisotopic (exact) mass is 555 g/mol. The molecule has 2 N–H and O–H groups in total. The summed E-state index contributed by atoms with van der Waals surface area (Å²) in [7, 11) is 1.31. The van der Waals surface area contributed by atoms with Gasteiger partial charge in [0.05, 0.1) is 7.11 Å². The van der Waals surface area contributed by atoms with E-state index in [-0.39, 0.29) is 55.2 Å². The minimum absolute atomic E-state index is 0.00101. The van der Waals surface area contributed by atoms with Crippen molar-refractivity contribution in [3.05, 3.63) is 86.7 Å². The maximum atomic E-state index is 14.1. The molecule has 0 saturated heterocycles. The Balaban J connectivity index is 1.46. The van der Waals surface area contributed by atoms with Gasteiger partial charge in [-0.2, -0.15) is 0 Å². The molecule has 0 amide bonds. The third kappa shape index (κ3) is 2.56. The van der Waals surface area contributed by atoms with Crippen molar-refractivity contribution in [2.45, 2.75) is 11.8 Å². The molecule has 37 heavy (non-hydrogen) atoms. The second-order valence-electron chi connectivity index (χ2n) is 8.92. The number of ketones is 4. The molecule has 0 saturated carbocycles. The van der Waals surface area contributed by atoms with Gasteiger partial charge in [-0.3, -0.25) is 23.7 Å². The Labute approximate surface area is 216 Å². The molecule has 2 bridgehead atoms. The number of carbonyl (C=O) groups is 4. The first-order chi connectivity index (χ1) is 17.8. The van der Waals surface area contributed by atoms with Crippen LogP contribution in [0.4, 0.5) is 5.82 Å². The topological polar surface area (TPSA) is 147 Å². The highest BCUT2D eigenvalue weighted by Gasteiger charge is 2.55. The summed E-state index contributed by atoms with van der Waals surface area (Å²) in [5, 5.41) is 0. The summed E-state index contributed by atoms with van der Waals surface area (Å²) in [5.41, 5.74) is 8.64. The number of hydrogen-bond acceptors (Lipinski definition) is 9. The van der Waals surface area contributed by atoms with Crippen molar-refractivity contribution in [1.82, 2.24) is 19.5 Å². The standard InChI is InChI=1S/C26H14BrN5O5/c1-37-24-19(27)22(35)17-13-9-4-2-3-5-10(9)14(18(17)23(24)36)16-15(13)12(33)6-11(21(16)34)32-8-31-20-25(28)29-7-30-26(20)32/h2-8,13-14H,1H3,(H2,28,29,30). The number of anilines is 1. The van der Waals surface area contributed by atoms with Gasteiger partial charge < -0.3 is 10.5 Å². The van der Waals surface area contributed by atoms with Gasteiger partial charge in [-0.05, 0) is 27.1 Å². The molecule has 3 aromatic rings. The minimum Gasteiger partial charge on any atom is -0.491 e. The molecule has 2 atom stereocenters. The molecule has 10 nitrogen and oxygen atoms in total. The summed E-state index contributed by atoms with van der Waals surface area (Å²) >= 11 is 3.21. The van der Waals surface area contributed by atoms with Crippen LogP contribution in [0.15, 0.2) is 75.5 Å². The first-order valence-corrected chi connectivity index (χ1v) is 12.0. The molecule has 0 spiro atoms. The van der Waals surface area contributed by atoms with Crippen molar-refractivity contribution < 1.29 is 23.9 Å². The van der Waals surface area contributed by atoms with Crippen LogP contribution in [0.5, 0.6) is 0 Å². The first-order valence-electron chi connectivity index (χ1n) is 11.2. The number of hydrogen-bond donors (Lipinski definition) is 1. The molecule has 1 aromatic carbocycles. The van der Waals surface area contributed by atoms with Crippen molar-refractivity contribution in [2.75, 3.05) is 12.8 Å². The smallest absolute Gasteiger partial charge is 0.226 e. The number of Topliss-reactive ketones (excluding diaryl/α,β-unsaturated/α-hetero) is 3. The van der Waals surface area contributed by atoms with E-state index in [1.165, 1.54) is 30.4 Å². The quantitative estimate of drug-likeness (QED) is 0.470. The molecular formula is C26H14BrN5O5. The van der Waals surface area contributed by atoms with Crippen LogP contribution in [0.3, 0.4) is 0 Å². The fourth-order valence-electron chi connectivity index (χ4n) is 5.84. The number of imidazole rings is 1. The number of halogens is 1. The normalized spacial score (nSPS) is 22.5. The Bertz CT molecular complexity index is 1830. The molecule has 5 aliphatic rings. The lowest BCUT2D eigenvalue weighted by molar-refractivity contribution is -0.119. The summed E-state index contributed by atoms with van der Waals surface area (Å²) in [5.74, 6) is -3.60. The van der Waals surface area contributed by atoms with Gasteiger partial charge >= 0.3 is 0 Å². The number of allylic oxidation sites excluding steroid dienone is 7. The Morgan fingerprint density at radius 2 is 1.54 bits per heavy atom. The molecule has 0 radical (unpaired) electrons. The Morgan fingerprint density at radius 3 is 2.24 bits per heavy atom. The summed E-state index contributed by atoms with van der Waals surface area (Å²) in [6.45, 7) is 0. The number of nitrogens with two attached hydrogens (primary N) is 1.